The van der Waals surface area contributed by atoms with Crippen molar-refractivity contribution in [3.8, 4) is 0 Å². The number of amides is 1. The smallest absolute Gasteiger partial charge is 0.217 e. The van der Waals surface area contributed by atoms with E-state index in [1.165, 1.54) is 6.42 Å². The fraction of sp³-hybridized carbons (Fsp3) is 0.667. The summed E-state index contributed by atoms with van der Waals surface area (Å²) in [4.78, 5) is 18.6. The lowest BCUT2D eigenvalue weighted by atomic mass is 9.87. The topological polar surface area (TPSA) is 54.5 Å². The maximum absolute atomic E-state index is 11.6. The molecule has 2 fully saturated rings. The average Bonchev–Trinajstić information content (AvgIpc) is 3.07. The van der Waals surface area contributed by atoms with E-state index in [2.05, 4.69) is 15.2 Å². The summed E-state index contributed by atoms with van der Waals surface area (Å²) in [5, 5.41) is 3.11. The van der Waals surface area contributed by atoms with Crippen molar-refractivity contribution in [3.05, 3.63) is 30.1 Å². The molecule has 0 aliphatic carbocycles. The van der Waals surface area contributed by atoms with E-state index < -0.39 is 0 Å². The van der Waals surface area contributed by atoms with Crippen molar-refractivity contribution >= 4 is 5.91 Å². The Balaban J connectivity index is 1.57. The molecule has 2 aliphatic heterocycles. The number of hydrogen-bond acceptors (Lipinski definition) is 4. The minimum Gasteiger partial charge on any atom is -0.381 e. The summed E-state index contributed by atoms with van der Waals surface area (Å²) in [6, 6.07) is 5.96. The summed E-state index contributed by atoms with van der Waals surface area (Å²) in [7, 11) is 0. The highest BCUT2D eigenvalue weighted by Crippen LogP contribution is 2.30. The first-order valence-electron chi connectivity index (χ1n) is 8.70. The lowest BCUT2D eigenvalue weighted by Gasteiger charge is -2.36. The third kappa shape index (κ3) is 4.52. The van der Waals surface area contributed by atoms with Crippen molar-refractivity contribution in [2.24, 2.45) is 11.8 Å². The molecule has 1 amide bonds. The Morgan fingerprint density at radius 1 is 1.39 bits per heavy atom. The van der Waals surface area contributed by atoms with Crippen LogP contribution in [-0.2, 0) is 9.53 Å². The Hall–Kier alpha value is -1.46. The first-order chi connectivity index (χ1) is 11.2. The van der Waals surface area contributed by atoms with Gasteiger partial charge in [-0.15, -0.1) is 0 Å². The Labute approximate surface area is 138 Å². The Morgan fingerprint density at radius 2 is 2.22 bits per heavy atom. The Bertz CT molecular complexity index is 494. The molecule has 126 valence electrons. The number of rotatable bonds is 5. The zero-order valence-corrected chi connectivity index (χ0v) is 13.9. The number of carbonyl (C=O) groups excluding carboxylic acids is 1. The van der Waals surface area contributed by atoms with E-state index in [1.54, 1.807) is 13.1 Å². The molecular formula is C18H27N3O2. The van der Waals surface area contributed by atoms with Crippen LogP contribution < -0.4 is 5.32 Å². The van der Waals surface area contributed by atoms with Gasteiger partial charge in [0.1, 0.15) is 0 Å². The molecule has 0 spiro atoms. The van der Waals surface area contributed by atoms with E-state index in [0.29, 0.717) is 11.8 Å². The number of ether oxygens (including phenoxy) is 1. The summed E-state index contributed by atoms with van der Waals surface area (Å²) < 4.78 is 5.48. The van der Waals surface area contributed by atoms with Gasteiger partial charge in [0.05, 0.1) is 18.3 Å². The molecule has 3 rings (SSSR count). The highest BCUT2D eigenvalue weighted by molar-refractivity contribution is 5.73. The zero-order chi connectivity index (χ0) is 16.1. The van der Waals surface area contributed by atoms with Gasteiger partial charge in [-0.1, -0.05) is 6.07 Å². The van der Waals surface area contributed by atoms with E-state index >= 15 is 0 Å². The minimum atomic E-state index is 0.0196. The van der Waals surface area contributed by atoms with Crippen LogP contribution in [0.15, 0.2) is 24.4 Å². The van der Waals surface area contributed by atoms with E-state index in [1.807, 2.05) is 18.2 Å². The Morgan fingerprint density at radius 3 is 2.83 bits per heavy atom. The molecule has 3 heterocycles. The normalized spacial score (nSPS) is 24.5. The fourth-order valence-corrected chi connectivity index (χ4v) is 3.77. The van der Waals surface area contributed by atoms with E-state index in [4.69, 9.17) is 4.74 Å². The van der Waals surface area contributed by atoms with Crippen LogP contribution in [0.25, 0.3) is 0 Å². The minimum absolute atomic E-state index is 0.0196. The number of pyridine rings is 1. The second kappa shape index (κ2) is 7.88. The largest absolute Gasteiger partial charge is 0.381 e. The molecule has 0 saturated carbocycles. The van der Waals surface area contributed by atoms with Gasteiger partial charge in [0, 0.05) is 26.3 Å². The number of aromatic nitrogens is 1. The van der Waals surface area contributed by atoms with Gasteiger partial charge in [-0.05, 0) is 56.3 Å². The molecule has 2 saturated heterocycles. The van der Waals surface area contributed by atoms with Crippen molar-refractivity contribution in [2.45, 2.75) is 32.2 Å². The van der Waals surface area contributed by atoms with Gasteiger partial charge in [0.15, 0.2) is 0 Å². The summed E-state index contributed by atoms with van der Waals surface area (Å²) >= 11 is 0. The second-order valence-corrected chi connectivity index (χ2v) is 6.80. The monoisotopic (exact) mass is 317 g/mol. The SMILES string of the molecule is CC(=O)N[C@@H](c1ccccn1)C1CCN(C[C@H]2CCOC2)CC1. The van der Waals surface area contributed by atoms with Gasteiger partial charge in [-0.3, -0.25) is 9.78 Å². The van der Waals surface area contributed by atoms with Gasteiger partial charge < -0.3 is 15.0 Å². The number of likely N-dealkylation sites (tertiary alicyclic amines) is 1. The second-order valence-electron chi connectivity index (χ2n) is 6.80. The van der Waals surface area contributed by atoms with Crippen molar-refractivity contribution < 1.29 is 9.53 Å². The third-order valence-electron chi connectivity index (χ3n) is 5.01. The van der Waals surface area contributed by atoms with Crippen LogP contribution in [0.4, 0.5) is 0 Å². The van der Waals surface area contributed by atoms with Gasteiger partial charge in [-0.2, -0.15) is 0 Å². The van der Waals surface area contributed by atoms with Gasteiger partial charge in [0.25, 0.3) is 0 Å². The maximum Gasteiger partial charge on any atom is 0.217 e. The first-order valence-corrected chi connectivity index (χ1v) is 8.70. The molecule has 1 aromatic rings. The molecule has 23 heavy (non-hydrogen) atoms. The predicted molar refractivity (Wildman–Crippen MR) is 88.9 cm³/mol. The number of piperidine rings is 1. The summed E-state index contributed by atoms with van der Waals surface area (Å²) in [6.45, 7) is 6.79. The van der Waals surface area contributed by atoms with Crippen LogP contribution >= 0.6 is 0 Å². The van der Waals surface area contributed by atoms with Gasteiger partial charge in [-0.25, -0.2) is 0 Å². The van der Waals surface area contributed by atoms with E-state index in [-0.39, 0.29) is 11.9 Å². The molecule has 0 radical (unpaired) electrons. The van der Waals surface area contributed by atoms with Crippen molar-refractivity contribution in [2.75, 3.05) is 32.8 Å². The predicted octanol–water partition coefficient (Wildman–Crippen LogP) is 2.01. The number of hydrogen-bond donors (Lipinski definition) is 1. The highest BCUT2D eigenvalue weighted by Gasteiger charge is 2.30. The van der Waals surface area contributed by atoms with Crippen LogP contribution in [0, 0.1) is 11.8 Å². The van der Waals surface area contributed by atoms with Crippen LogP contribution in [-0.4, -0.2) is 48.6 Å². The molecule has 0 bridgehead atoms. The summed E-state index contributed by atoms with van der Waals surface area (Å²) in [6.07, 6.45) is 5.21. The van der Waals surface area contributed by atoms with Crippen molar-refractivity contribution in [3.63, 3.8) is 0 Å². The van der Waals surface area contributed by atoms with Gasteiger partial charge in [0.2, 0.25) is 5.91 Å². The van der Waals surface area contributed by atoms with Crippen LogP contribution in [0.5, 0.6) is 0 Å². The average molecular weight is 317 g/mol. The highest BCUT2D eigenvalue weighted by atomic mass is 16.5. The Kier molecular flexibility index (Phi) is 5.62. The van der Waals surface area contributed by atoms with E-state index in [9.17, 15) is 4.79 Å². The molecular weight excluding hydrogens is 290 g/mol. The maximum atomic E-state index is 11.6. The van der Waals surface area contributed by atoms with Crippen molar-refractivity contribution in [1.82, 2.24) is 15.2 Å². The molecule has 2 aliphatic rings. The number of carbonyl (C=O) groups is 1. The van der Waals surface area contributed by atoms with E-state index in [0.717, 1.165) is 51.4 Å². The molecule has 5 heteroatoms. The van der Waals surface area contributed by atoms with Crippen LogP contribution in [0.3, 0.4) is 0 Å². The summed E-state index contributed by atoms with van der Waals surface area (Å²) in [5.41, 5.74) is 0.977. The molecule has 0 unspecified atom stereocenters. The fourth-order valence-electron chi connectivity index (χ4n) is 3.77. The van der Waals surface area contributed by atoms with Crippen LogP contribution in [0.1, 0.15) is 37.9 Å². The number of nitrogens with one attached hydrogen (secondary N) is 1. The standard InChI is InChI=1S/C18H27N3O2/c1-14(22)20-18(17-4-2-3-8-19-17)16-5-9-21(10-6-16)12-15-7-11-23-13-15/h2-4,8,15-16,18H,5-7,9-13H2,1H3,(H,20,22)/t15-,18-/m1/s1. The lowest BCUT2D eigenvalue weighted by Crippen LogP contribution is -2.42. The molecule has 1 aromatic heterocycles. The lowest BCUT2D eigenvalue weighted by molar-refractivity contribution is -0.120. The molecule has 0 aromatic carbocycles. The molecule has 5 nitrogen and oxygen atoms in total. The quantitative estimate of drug-likeness (QED) is 0.902. The first kappa shape index (κ1) is 16.4. The van der Waals surface area contributed by atoms with Gasteiger partial charge >= 0.3 is 0 Å². The van der Waals surface area contributed by atoms with Crippen LogP contribution in [0.2, 0.25) is 0 Å². The number of nitrogens with zero attached hydrogens (tertiary/aromatic N) is 2. The van der Waals surface area contributed by atoms with Crippen molar-refractivity contribution in [1.29, 1.82) is 0 Å². The summed E-state index contributed by atoms with van der Waals surface area (Å²) in [5.74, 6) is 1.18. The third-order valence-corrected chi connectivity index (χ3v) is 5.01. The molecule has 1 N–H and O–H groups in total. The molecule has 2 atom stereocenters. The zero-order valence-electron chi connectivity index (χ0n) is 13.9.